The van der Waals surface area contributed by atoms with Gasteiger partial charge in [0.2, 0.25) is 12.3 Å². The van der Waals surface area contributed by atoms with Crippen molar-refractivity contribution in [2.45, 2.75) is 73.6 Å². The second-order valence-electron chi connectivity index (χ2n) is 8.13. The molecule has 4 N–H and O–H groups in total. The van der Waals surface area contributed by atoms with Gasteiger partial charge in [-0.15, -0.1) is 11.3 Å². The lowest BCUT2D eigenvalue weighted by molar-refractivity contribution is -0.134. The van der Waals surface area contributed by atoms with Gasteiger partial charge in [-0.3, -0.25) is 14.6 Å². The maximum atomic E-state index is 11.8. The number of carbonyl (C=O) groups is 2. The summed E-state index contributed by atoms with van der Waals surface area (Å²) in [4.78, 5) is 28.8. The third-order valence-corrected chi connectivity index (χ3v) is 5.56. The zero-order chi connectivity index (χ0) is 25.4. The lowest BCUT2D eigenvalue weighted by Crippen LogP contribution is -2.49. The van der Waals surface area contributed by atoms with E-state index in [-0.39, 0.29) is 17.4 Å². The minimum atomic E-state index is -0.479. The molecule has 2 amide bonds. The van der Waals surface area contributed by atoms with Gasteiger partial charge in [0, 0.05) is 25.8 Å². The van der Waals surface area contributed by atoms with E-state index >= 15 is 0 Å². The van der Waals surface area contributed by atoms with Gasteiger partial charge in [0.05, 0.1) is 22.5 Å². The van der Waals surface area contributed by atoms with E-state index in [0.29, 0.717) is 32.5 Å². The zero-order valence-electron chi connectivity index (χ0n) is 21.2. The highest BCUT2D eigenvalue weighted by Crippen LogP contribution is 2.23. The fraction of sp³-hybridized carbons (Fsp3) is 0.560. The Labute approximate surface area is 203 Å². The van der Waals surface area contributed by atoms with Crippen molar-refractivity contribution in [3.8, 4) is 10.4 Å². The Kier molecular flexibility index (Phi) is 15.2. The second kappa shape index (κ2) is 16.3. The summed E-state index contributed by atoms with van der Waals surface area (Å²) in [5, 5.41) is 11.9. The topological polar surface area (TPSA) is 109 Å². The molecule has 7 nitrogen and oxygen atoms in total. The fourth-order valence-corrected chi connectivity index (χ4v) is 3.44. The zero-order valence-corrected chi connectivity index (χ0v) is 22.0. The SMILES string of the molecule is CC.CC.CC(C)(C)C(N)C(=O)N1CCC(O)C1.O=CNCc1ccc(-c2cncs2)cc1. The van der Waals surface area contributed by atoms with Crippen LogP contribution >= 0.6 is 11.3 Å². The van der Waals surface area contributed by atoms with E-state index in [1.54, 1.807) is 16.2 Å². The maximum Gasteiger partial charge on any atom is 0.240 e. The summed E-state index contributed by atoms with van der Waals surface area (Å²) in [5.74, 6) is -0.0472. The van der Waals surface area contributed by atoms with E-state index in [1.807, 2.05) is 84.4 Å². The molecule has 0 radical (unpaired) electrons. The molecule has 33 heavy (non-hydrogen) atoms. The Morgan fingerprint density at radius 3 is 2.30 bits per heavy atom. The Bertz CT molecular complexity index is 774. The predicted octanol–water partition coefficient (Wildman–Crippen LogP) is 4.06. The van der Waals surface area contributed by atoms with Gasteiger partial charge in [0.25, 0.3) is 0 Å². The fourth-order valence-electron chi connectivity index (χ4n) is 2.81. The summed E-state index contributed by atoms with van der Waals surface area (Å²) in [6.45, 7) is 15.5. The van der Waals surface area contributed by atoms with Gasteiger partial charge in [-0.1, -0.05) is 72.7 Å². The number of aliphatic hydroxyl groups excluding tert-OH is 1. The molecule has 8 heteroatoms. The first-order valence-electron chi connectivity index (χ1n) is 11.6. The van der Waals surface area contributed by atoms with Crippen LogP contribution in [0.3, 0.4) is 0 Å². The van der Waals surface area contributed by atoms with E-state index in [0.717, 1.165) is 16.0 Å². The normalized spacial score (nSPS) is 15.5. The monoisotopic (exact) mass is 478 g/mol. The highest BCUT2D eigenvalue weighted by molar-refractivity contribution is 7.13. The van der Waals surface area contributed by atoms with E-state index in [1.165, 1.54) is 0 Å². The number of hydrogen-bond donors (Lipinski definition) is 3. The van der Waals surface area contributed by atoms with Gasteiger partial charge >= 0.3 is 0 Å². The molecule has 2 heterocycles. The summed E-state index contributed by atoms with van der Waals surface area (Å²) < 4.78 is 0. The standard InChI is InChI=1S/C11H10N2OS.C10H20N2O2.2C2H6/c14-7-12-5-9-1-3-10(4-2-9)11-6-13-8-15-11;1-10(2,3)8(11)9(14)12-5-4-7(13)6-12;2*1-2/h1-4,6-8H,5H2,(H,12,14);7-8,13H,4-6,11H2,1-3H3;2*1-2H3. The summed E-state index contributed by atoms with van der Waals surface area (Å²) in [6.07, 6.45) is 2.86. The number of aliphatic hydroxyl groups is 1. The summed E-state index contributed by atoms with van der Waals surface area (Å²) >= 11 is 1.62. The van der Waals surface area contributed by atoms with Gasteiger partial charge in [0.15, 0.2) is 0 Å². The van der Waals surface area contributed by atoms with Crippen LogP contribution in [0, 0.1) is 5.41 Å². The molecular formula is C25H42N4O3S. The number of aromatic nitrogens is 1. The number of hydrogen-bond acceptors (Lipinski definition) is 6. The van der Waals surface area contributed by atoms with E-state index in [9.17, 15) is 14.7 Å². The molecule has 1 aromatic carbocycles. The third-order valence-electron chi connectivity index (χ3n) is 4.73. The van der Waals surface area contributed by atoms with Crippen LogP contribution in [0.1, 0.15) is 60.5 Å². The van der Waals surface area contributed by atoms with Crippen molar-refractivity contribution in [2.75, 3.05) is 13.1 Å². The molecule has 1 saturated heterocycles. The van der Waals surface area contributed by atoms with Crippen molar-refractivity contribution in [3.05, 3.63) is 41.5 Å². The predicted molar refractivity (Wildman–Crippen MR) is 138 cm³/mol. The first-order valence-corrected chi connectivity index (χ1v) is 12.5. The molecule has 2 atom stereocenters. The number of carbonyl (C=O) groups excluding carboxylic acids is 2. The van der Waals surface area contributed by atoms with Crippen LogP contribution in [0.5, 0.6) is 0 Å². The quantitative estimate of drug-likeness (QED) is 0.562. The highest BCUT2D eigenvalue weighted by atomic mass is 32.1. The van der Waals surface area contributed by atoms with Crippen LogP contribution in [-0.4, -0.2) is 52.5 Å². The summed E-state index contributed by atoms with van der Waals surface area (Å²) in [6, 6.07) is 7.61. The number of β-amino-alcohol motifs (C(OH)–C–C–N with tert-alkyl or cyclic N) is 1. The molecule has 0 spiro atoms. The molecular weight excluding hydrogens is 436 g/mol. The van der Waals surface area contributed by atoms with E-state index < -0.39 is 6.04 Å². The summed E-state index contributed by atoms with van der Waals surface area (Å²) in [5.41, 5.74) is 9.70. The molecule has 0 aliphatic carbocycles. The number of benzene rings is 1. The molecule has 0 bridgehead atoms. The number of amides is 2. The van der Waals surface area contributed by atoms with Crippen LogP contribution in [0.2, 0.25) is 0 Å². The smallest absolute Gasteiger partial charge is 0.240 e. The first kappa shape index (κ1) is 30.7. The van der Waals surface area contributed by atoms with Crippen LogP contribution < -0.4 is 11.1 Å². The molecule has 1 aliphatic rings. The van der Waals surface area contributed by atoms with Gasteiger partial charge in [0.1, 0.15) is 0 Å². The van der Waals surface area contributed by atoms with E-state index in [4.69, 9.17) is 5.73 Å². The van der Waals surface area contributed by atoms with E-state index in [2.05, 4.69) is 10.3 Å². The Hall–Kier alpha value is -2.29. The number of nitrogens with zero attached hydrogens (tertiary/aromatic N) is 2. The molecule has 1 aromatic heterocycles. The minimum absolute atomic E-state index is 0.0472. The van der Waals surface area contributed by atoms with Gasteiger partial charge in [-0.05, 0) is 23.0 Å². The Morgan fingerprint density at radius 1 is 1.27 bits per heavy atom. The minimum Gasteiger partial charge on any atom is -0.391 e. The van der Waals surface area contributed by atoms with Gasteiger partial charge in [-0.2, -0.15) is 0 Å². The van der Waals surface area contributed by atoms with Crippen molar-refractivity contribution in [1.29, 1.82) is 0 Å². The highest BCUT2D eigenvalue weighted by Gasteiger charge is 2.34. The lowest BCUT2D eigenvalue weighted by atomic mass is 9.86. The van der Waals surface area contributed by atoms with Crippen LogP contribution in [0.25, 0.3) is 10.4 Å². The average molecular weight is 479 g/mol. The second-order valence-corrected chi connectivity index (χ2v) is 9.02. The molecule has 2 unspecified atom stereocenters. The van der Waals surface area contributed by atoms with Gasteiger partial charge < -0.3 is 21.1 Å². The molecule has 186 valence electrons. The average Bonchev–Trinajstić information content (AvgIpc) is 3.52. The molecule has 1 aliphatic heterocycles. The number of likely N-dealkylation sites (tertiary alicyclic amines) is 1. The largest absolute Gasteiger partial charge is 0.391 e. The summed E-state index contributed by atoms with van der Waals surface area (Å²) in [7, 11) is 0. The molecule has 1 fully saturated rings. The molecule has 2 aromatic rings. The maximum absolute atomic E-state index is 11.8. The van der Waals surface area contributed by atoms with Crippen molar-refractivity contribution in [1.82, 2.24) is 15.2 Å². The number of nitrogens with one attached hydrogen (secondary N) is 1. The third kappa shape index (κ3) is 10.9. The van der Waals surface area contributed by atoms with Crippen LogP contribution in [0.15, 0.2) is 36.0 Å². The molecule has 3 rings (SSSR count). The van der Waals surface area contributed by atoms with Crippen LogP contribution in [0.4, 0.5) is 0 Å². The number of thiazole rings is 1. The number of nitrogens with two attached hydrogens (primary N) is 1. The van der Waals surface area contributed by atoms with Crippen molar-refractivity contribution >= 4 is 23.7 Å². The van der Waals surface area contributed by atoms with Gasteiger partial charge in [-0.25, -0.2) is 0 Å². The Balaban J connectivity index is 0.000000541. The molecule has 0 saturated carbocycles. The first-order chi connectivity index (χ1) is 15.7. The van der Waals surface area contributed by atoms with Crippen molar-refractivity contribution in [2.24, 2.45) is 11.1 Å². The number of rotatable bonds is 5. The lowest BCUT2D eigenvalue weighted by Gasteiger charge is -2.29. The van der Waals surface area contributed by atoms with Crippen molar-refractivity contribution in [3.63, 3.8) is 0 Å². The van der Waals surface area contributed by atoms with Crippen LogP contribution in [-0.2, 0) is 16.1 Å². The Morgan fingerprint density at radius 2 is 1.88 bits per heavy atom. The van der Waals surface area contributed by atoms with Crippen molar-refractivity contribution < 1.29 is 14.7 Å².